The minimum Gasteiger partial charge on any atom is -0.381 e. The van der Waals surface area contributed by atoms with Gasteiger partial charge in [-0.3, -0.25) is 14.4 Å². The minimum atomic E-state index is -0.881. The maximum Gasteiger partial charge on any atom is 0.276 e. The fourth-order valence-corrected chi connectivity index (χ4v) is 7.00. The Morgan fingerprint density at radius 3 is 2.65 bits per heavy atom. The van der Waals surface area contributed by atoms with Crippen LogP contribution in [0.15, 0.2) is 60.8 Å². The Kier molecular flexibility index (Phi) is 8.04. The predicted octanol–water partition coefficient (Wildman–Crippen LogP) is 4.72. The topological polar surface area (TPSA) is 110 Å². The van der Waals surface area contributed by atoms with E-state index < -0.39 is 17.8 Å². The lowest BCUT2D eigenvalue weighted by Crippen LogP contribution is -2.45. The molecule has 0 radical (unpaired) electrons. The fourth-order valence-electron chi connectivity index (χ4n) is 6.83. The number of nitrogens with zero attached hydrogens (tertiary/aromatic N) is 5. The van der Waals surface area contributed by atoms with Gasteiger partial charge in [-0.1, -0.05) is 47.1 Å². The molecule has 7 rings (SSSR count). The Labute approximate surface area is 270 Å². The number of piperidine rings is 1. The molecule has 0 aliphatic carbocycles. The van der Waals surface area contributed by atoms with E-state index in [4.69, 9.17) is 16.3 Å². The second kappa shape index (κ2) is 12.3. The zero-order valence-electron chi connectivity index (χ0n) is 25.2. The van der Waals surface area contributed by atoms with Crippen LogP contribution < -0.4 is 10.2 Å². The summed E-state index contributed by atoms with van der Waals surface area (Å²) < 4.78 is 21.5. The van der Waals surface area contributed by atoms with Gasteiger partial charge in [0, 0.05) is 44.5 Å². The van der Waals surface area contributed by atoms with Crippen molar-refractivity contribution < 1.29 is 23.5 Å². The number of fused-ring (bicyclic) bond motifs is 2. The molecule has 0 saturated carbocycles. The highest BCUT2D eigenvalue weighted by atomic mass is 35.5. The second-order valence-corrected chi connectivity index (χ2v) is 12.3. The molecule has 1 aromatic heterocycles. The number of amides is 2. The van der Waals surface area contributed by atoms with Crippen molar-refractivity contribution in [1.82, 2.24) is 19.9 Å². The molecule has 3 aliphatic rings. The molecule has 1 unspecified atom stereocenters. The van der Waals surface area contributed by atoms with Crippen molar-refractivity contribution in [2.45, 2.75) is 44.2 Å². The van der Waals surface area contributed by atoms with Gasteiger partial charge in [0.1, 0.15) is 11.7 Å². The number of benzene rings is 3. The Morgan fingerprint density at radius 2 is 1.85 bits per heavy atom. The van der Waals surface area contributed by atoms with Crippen LogP contribution in [-0.2, 0) is 33.6 Å². The van der Waals surface area contributed by atoms with Gasteiger partial charge >= 0.3 is 0 Å². The van der Waals surface area contributed by atoms with Crippen LogP contribution in [0.25, 0.3) is 5.69 Å². The standard InChI is InChI=1S/C34H32ClFN6O4/c1-46-22-10-13-40(14-11-22)28-6-2-4-24-23(28)12-15-41(33(24)30(43)17-20-8-9-26-21(16-20)18-31(44)37-26)34(45)27-19-42(39-38-27)29-7-3-5-25(35)32(29)36/h2-9,16,19,22,33H,10-15,17-18H2,1H3,(H,37,44). The van der Waals surface area contributed by atoms with Crippen molar-refractivity contribution in [1.29, 1.82) is 0 Å². The van der Waals surface area contributed by atoms with E-state index in [1.165, 1.54) is 23.0 Å². The number of halogens is 2. The van der Waals surface area contributed by atoms with E-state index in [0.29, 0.717) is 6.42 Å². The summed E-state index contributed by atoms with van der Waals surface area (Å²) in [6.45, 7) is 1.96. The molecule has 1 saturated heterocycles. The van der Waals surface area contributed by atoms with Crippen LogP contribution in [0.4, 0.5) is 15.8 Å². The van der Waals surface area contributed by atoms with E-state index in [-0.39, 0.29) is 53.6 Å². The molecule has 1 atom stereocenters. The lowest BCUT2D eigenvalue weighted by Gasteiger charge is -2.40. The van der Waals surface area contributed by atoms with Gasteiger partial charge in [0.2, 0.25) is 5.91 Å². The number of anilines is 2. The van der Waals surface area contributed by atoms with Gasteiger partial charge in [-0.25, -0.2) is 9.07 Å². The molecule has 3 aromatic carbocycles. The van der Waals surface area contributed by atoms with Crippen molar-refractivity contribution in [3.05, 3.63) is 99.6 Å². The van der Waals surface area contributed by atoms with E-state index in [9.17, 15) is 18.8 Å². The van der Waals surface area contributed by atoms with Crippen LogP contribution in [0.1, 0.15) is 51.6 Å². The molecule has 1 N–H and O–H groups in total. The third kappa shape index (κ3) is 5.54. The van der Waals surface area contributed by atoms with Crippen LogP contribution in [0.2, 0.25) is 5.02 Å². The summed E-state index contributed by atoms with van der Waals surface area (Å²) in [5.41, 5.74) is 5.31. The molecule has 12 heteroatoms. The molecule has 10 nitrogen and oxygen atoms in total. The molecule has 0 bridgehead atoms. The molecule has 0 spiro atoms. The van der Waals surface area contributed by atoms with Gasteiger partial charge in [0.15, 0.2) is 17.3 Å². The minimum absolute atomic E-state index is 0.0134. The van der Waals surface area contributed by atoms with Crippen LogP contribution >= 0.6 is 11.6 Å². The second-order valence-electron chi connectivity index (χ2n) is 11.9. The largest absolute Gasteiger partial charge is 0.381 e. The van der Waals surface area contributed by atoms with Gasteiger partial charge in [0.25, 0.3) is 5.91 Å². The number of hydrogen-bond acceptors (Lipinski definition) is 7. The van der Waals surface area contributed by atoms with Crippen LogP contribution in [-0.4, -0.2) is 70.3 Å². The molecule has 1 fully saturated rings. The highest BCUT2D eigenvalue weighted by Gasteiger charge is 2.39. The number of ketones is 1. The number of carbonyl (C=O) groups is 3. The highest BCUT2D eigenvalue weighted by molar-refractivity contribution is 6.30. The maximum absolute atomic E-state index is 14.7. The number of Topliss-reactive ketones (excluding diaryl/α,β-unsaturated/α-hetero) is 1. The molecule has 2 amide bonds. The predicted molar refractivity (Wildman–Crippen MR) is 170 cm³/mol. The average molecular weight is 643 g/mol. The zero-order chi connectivity index (χ0) is 31.9. The zero-order valence-corrected chi connectivity index (χ0v) is 26.0. The summed E-state index contributed by atoms with van der Waals surface area (Å²) in [5, 5.41) is 10.8. The number of methoxy groups -OCH3 is 1. The molecule has 4 heterocycles. The first-order valence-corrected chi connectivity index (χ1v) is 15.7. The summed E-state index contributed by atoms with van der Waals surface area (Å²) in [4.78, 5) is 44.2. The number of rotatable bonds is 7. The van der Waals surface area contributed by atoms with E-state index in [0.717, 1.165) is 59.6 Å². The third-order valence-corrected chi connectivity index (χ3v) is 9.43. The fraction of sp³-hybridized carbons (Fsp3) is 0.324. The van der Waals surface area contributed by atoms with Crippen LogP contribution in [0.3, 0.4) is 0 Å². The van der Waals surface area contributed by atoms with Crippen LogP contribution in [0.5, 0.6) is 0 Å². The number of hydrogen-bond donors (Lipinski definition) is 1. The Hall–Kier alpha value is -4.61. The molecular weight excluding hydrogens is 611 g/mol. The van der Waals surface area contributed by atoms with E-state index >= 15 is 0 Å². The highest BCUT2D eigenvalue weighted by Crippen LogP contribution is 2.38. The summed E-state index contributed by atoms with van der Waals surface area (Å²) >= 11 is 5.97. The number of aromatic nitrogens is 3. The third-order valence-electron chi connectivity index (χ3n) is 9.14. The van der Waals surface area contributed by atoms with Crippen molar-refractivity contribution in [3.63, 3.8) is 0 Å². The molecular formula is C34H32ClFN6O4. The maximum atomic E-state index is 14.7. The number of carbonyl (C=O) groups excluding carboxylic acids is 3. The SMILES string of the molecule is COC1CCN(c2cccc3c2CCN(C(=O)c2cn(-c4cccc(Cl)c4F)nn2)C3C(=O)Cc2ccc3c(c2)CC(=O)N3)CC1. The van der Waals surface area contributed by atoms with Gasteiger partial charge in [0.05, 0.1) is 23.7 Å². The lowest BCUT2D eigenvalue weighted by molar-refractivity contribution is -0.123. The normalized spacial score (nSPS) is 17.9. The van der Waals surface area contributed by atoms with Crippen molar-refractivity contribution in [3.8, 4) is 5.69 Å². The first-order chi connectivity index (χ1) is 22.3. The lowest BCUT2D eigenvalue weighted by atomic mass is 9.86. The summed E-state index contributed by atoms with van der Waals surface area (Å²) in [7, 11) is 1.74. The van der Waals surface area contributed by atoms with Crippen molar-refractivity contribution >= 4 is 40.6 Å². The van der Waals surface area contributed by atoms with Gasteiger partial charge < -0.3 is 19.9 Å². The number of nitrogens with one attached hydrogen (secondary N) is 1. The Bertz CT molecular complexity index is 1850. The summed E-state index contributed by atoms with van der Waals surface area (Å²) in [5.74, 6) is -1.40. The van der Waals surface area contributed by atoms with Crippen LogP contribution in [0, 0.1) is 5.82 Å². The van der Waals surface area contributed by atoms with Crippen molar-refractivity contribution in [2.24, 2.45) is 0 Å². The quantitative estimate of drug-likeness (QED) is 0.311. The summed E-state index contributed by atoms with van der Waals surface area (Å²) in [6.07, 6.45) is 4.28. The first kappa shape index (κ1) is 30.1. The molecule has 46 heavy (non-hydrogen) atoms. The van der Waals surface area contributed by atoms with Gasteiger partial charge in [-0.05, 0) is 65.8 Å². The van der Waals surface area contributed by atoms with Crippen molar-refractivity contribution in [2.75, 3.05) is 37.0 Å². The molecule has 236 valence electrons. The van der Waals surface area contributed by atoms with Gasteiger partial charge in [-0.2, -0.15) is 0 Å². The molecule has 4 aromatic rings. The Balaban J connectivity index is 1.23. The first-order valence-electron chi connectivity index (χ1n) is 15.3. The smallest absolute Gasteiger partial charge is 0.276 e. The van der Waals surface area contributed by atoms with Gasteiger partial charge in [-0.15, -0.1) is 5.10 Å². The summed E-state index contributed by atoms with van der Waals surface area (Å²) in [6, 6.07) is 15.1. The average Bonchev–Trinajstić information content (AvgIpc) is 3.71. The van der Waals surface area contributed by atoms with E-state index in [1.807, 2.05) is 30.3 Å². The Morgan fingerprint density at radius 1 is 1.07 bits per heavy atom. The molecule has 3 aliphatic heterocycles. The van der Waals surface area contributed by atoms with E-state index in [1.54, 1.807) is 18.1 Å². The monoisotopic (exact) mass is 642 g/mol. The number of ether oxygens (including phenoxy) is 1. The van der Waals surface area contributed by atoms with E-state index in [2.05, 4.69) is 26.6 Å².